The van der Waals surface area contributed by atoms with Crippen LogP contribution in [0.4, 0.5) is 5.69 Å². The van der Waals surface area contributed by atoms with E-state index in [0.29, 0.717) is 19.8 Å². The van der Waals surface area contributed by atoms with Gasteiger partial charge in [-0.2, -0.15) is 0 Å². The zero-order valence-corrected chi connectivity index (χ0v) is 15.0. The molecule has 0 spiro atoms. The molecule has 1 unspecified atom stereocenters. The van der Waals surface area contributed by atoms with Crippen molar-refractivity contribution in [2.24, 2.45) is 11.7 Å². The van der Waals surface area contributed by atoms with E-state index < -0.39 is 6.04 Å². The molecule has 3 N–H and O–H groups in total. The van der Waals surface area contributed by atoms with Crippen molar-refractivity contribution in [3.05, 3.63) is 29.3 Å². The minimum atomic E-state index is -0.457. The molecule has 0 radical (unpaired) electrons. The number of carbonyl (C=O) groups is 1. The Kier molecular flexibility index (Phi) is 6.29. The number of nitrogens with one attached hydrogen (secondary N) is 1. The molecule has 1 aromatic rings. The maximum atomic E-state index is 12.5. The molecule has 3 rings (SSSR count). The Hall–Kier alpha value is -1.63. The molecule has 1 atom stereocenters. The average molecular weight is 347 g/mol. The Bertz CT molecular complexity index is 581. The zero-order chi connectivity index (χ0) is 17.6. The Morgan fingerprint density at radius 3 is 2.64 bits per heavy atom. The molecule has 138 valence electrons. The minimum absolute atomic E-state index is 0.0691. The van der Waals surface area contributed by atoms with E-state index in [1.165, 1.54) is 11.3 Å². The quantitative estimate of drug-likeness (QED) is 0.837. The summed E-state index contributed by atoms with van der Waals surface area (Å²) >= 11 is 0. The molecule has 2 aliphatic rings. The van der Waals surface area contributed by atoms with Gasteiger partial charge in [0.05, 0.1) is 19.3 Å². The van der Waals surface area contributed by atoms with Crippen LogP contribution in [0.15, 0.2) is 18.2 Å². The van der Waals surface area contributed by atoms with Gasteiger partial charge in [0.25, 0.3) is 0 Å². The normalized spacial score (nSPS) is 20.3. The second-order valence-electron chi connectivity index (χ2n) is 6.92. The predicted molar refractivity (Wildman–Crippen MR) is 97.6 cm³/mol. The number of carbonyl (C=O) groups excluding carboxylic acids is 1. The molecule has 2 saturated heterocycles. The fourth-order valence-electron chi connectivity index (χ4n) is 3.51. The van der Waals surface area contributed by atoms with Crippen molar-refractivity contribution in [2.75, 3.05) is 44.4 Å². The third kappa shape index (κ3) is 4.71. The van der Waals surface area contributed by atoms with E-state index in [4.69, 9.17) is 15.2 Å². The monoisotopic (exact) mass is 347 g/mol. The van der Waals surface area contributed by atoms with E-state index in [1.807, 2.05) is 0 Å². The first-order valence-corrected chi connectivity index (χ1v) is 9.18. The fraction of sp³-hybridized carbons (Fsp3) is 0.632. The van der Waals surface area contributed by atoms with E-state index in [-0.39, 0.29) is 11.8 Å². The zero-order valence-electron chi connectivity index (χ0n) is 15.0. The third-order valence-corrected chi connectivity index (χ3v) is 5.12. The van der Waals surface area contributed by atoms with Gasteiger partial charge in [0.1, 0.15) is 0 Å². The lowest BCUT2D eigenvalue weighted by Gasteiger charge is -2.31. The van der Waals surface area contributed by atoms with Crippen LogP contribution < -0.4 is 16.0 Å². The first-order valence-electron chi connectivity index (χ1n) is 9.18. The van der Waals surface area contributed by atoms with Crippen molar-refractivity contribution in [3.63, 3.8) is 0 Å². The van der Waals surface area contributed by atoms with E-state index in [1.54, 1.807) is 0 Å². The lowest BCUT2D eigenvalue weighted by atomic mass is 9.92. The highest BCUT2D eigenvalue weighted by Gasteiger charge is 2.26. The molecule has 0 aromatic heterocycles. The number of nitrogens with zero attached hydrogens (tertiary/aromatic N) is 1. The van der Waals surface area contributed by atoms with Crippen molar-refractivity contribution in [2.45, 2.75) is 32.4 Å². The number of hydrogen-bond acceptors (Lipinski definition) is 5. The summed E-state index contributed by atoms with van der Waals surface area (Å²) in [5, 5.41) is 3.03. The van der Waals surface area contributed by atoms with Crippen molar-refractivity contribution in [1.29, 1.82) is 0 Å². The Morgan fingerprint density at radius 1 is 1.24 bits per heavy atom. The summed E-state index contributed by atoms with van der Waals surface area (Å²) in [6, 6.07) is 5.91. The minimum Gasteiger partial charge on any atom is -0.381 e. The molecule has 2 heterocycles. The van der Waals surface area contributed by atoms with Crippen LogP contribution in [0.2, 0.25) is 0 Å². The van der Waals surface area contributed by atoms with Crippen LogP contribution in [-0.4, -0.2) is 51.5 Å². The Balaban J connectivity index is 1.62. The Morgan fingerprint density at radius 2 is 1.92 bits per heavy atom. The van der Waals surface area contributed by atoms with Crippen molar-refractivity contribution in [3.8, 4) is 0 Å². The summed E-state index contributed by atoms with van der Waals surface area (Å²) < 4.78 is 10.8. The maximum Gasteiger partial charge on any atom is 0.237 e. The van der Waals surface area contributed by atoms with Gasteiger partial charge in [0, 0.05) is 38.5 Å². The Labute approximate surface area is 149 Å². The molecule has 0 bridgehead atoms. The van der Waals surface area contributed by atoms with E-state index >= 15 is 0 Å². The second-order valence-corrected chi connectivity index (χ2v) is 6.92. The molecule has 0 saturated carbocycles. The van der Waals surface area contributed by atoms with Gasteiger partial charge in [-0.1, -0.05) is 12.1 Å². The predicted octanol–water partition coefficient (Wildman–Crippen LogP) is 1.20. The van der Waals surface area contributed by atoms with Crippen LogP contribution in [0.3, 0.4) is 0 Å². The topological polar surface area (TPSA) is 76.8 Å². The number of ether oxygens (including phenoxy) is 2. The van der Waals surface area contributed by atoms with Gasteiger partial charge in [-0.3, -0.25) is 4.79 Å². The van der Waals surface area contributed by atoms with Gasteiger partial charge in [-0.15, -0.1) is 0 Å². The van der Waals surface area contributed by atoms with E-state index in [2.05, 4.69) is 35.3 Å². The number of rotatable bonds is 5. The molecule has 0 aliphatic carbocycles. The highest BCUT2D eigenvalue weighted by atomic mass is 16.5. The molecule has 1 amide bonds. The highest BCUT2D eigenvalue weighted by molar-refractivity contribution is 5.82. The molecular weight excluding hydrogens is 318 g/mol. The smallest absolute Gasteiger partial charge is 0.237 e. The molecular formula is C19H29N3O3. The average Bonchev–Trinajstić information content (AvgIpc) is 2.67. The lowest BCUT2D eigenvalue weighted by Crippen LogP contribution is -2.47. The number of amides is 1. The van der Waals surface area contributed by atoms with Crippen molar-refractivity contribution < 1.29 is 14.3 Å². The lowest BCUT2D eigenvalue weighted by molar-refractivity contribution is -0.124. The maximum absolute atomic E-state index is 12.5. The third-order valence-electron chi connectivity index (χ3n) is 5.12. The van der Waals surface area contributed by atoms with Gasteiger partial charge < -0.3 is 25.4 Å². The van der Waals surface area contributed by atoms with Gasteiger partial charge in [-0.05, 0) is 42.9 Å². The summed E-state index contributed by atoms with van der Waals surface area (Å²) in [7, 11) is 0. The highest BCUT2D eigenvalue weighted by Crippen LogP contribution is 2.24. The number of hydrogen-bond donors (Lipinski definition) is 2. The summed E-state index contributed by atoms with van der Waals surface area (Å²) in [4.78, 5) is 14.8. The number of benzene rings is 1. The van der Waals surface area contributed by atoms with Gasteiger partial charge in [-0.25, -0.2) is 0 Å². The molecule has 2 fully saturated rings. The van der Waals surface area contributed by atoms with E-state index in [9.17, 15) is 4.79 Å². The number of anilines is 1. The summed E-state index contributed by atoms with van der Waals surface area (Å²) in [5.74, 6) is 0.144. The fourth-order valence-corrected chi connectivity index (χ4v) is 3.51. The van der Waals surface area contributed by atoms with Crippen LogP contribution in [0, 0.1) is 12.8 Å². The SMILES string of the molecule is Cc1ccc(CNC(=O)C(N)C2CCOCC2)c(N2CCOCC2)c1. The molecule has 1 aromatic carbocycles. The molecule has 2 aliphatic heterocycles. The van der Waals surface area contributed by atoms with Crippen LogP contribution >= 0.6 is 0 Å². The number of nitrogens with two attached hydrogens (primary N) is 1. The van der Waals surface area contributed by atoms with Gasteiger partial charge in [0.2, 0.25) is 5.91 Å². The van der Waals surface area contributed by atoms with Crippen molar-refractivity contribution >= 4 is 11.6 Å². The first-order chi connectivity index (χ1) is 12.1. The largest absolute Gasteiger partial charge is 0.381 e. The molecule has 6 heteroatoms. The van der Waals surface area contributed by atoms with E-state index in [0.717, 1.165) is 44.7 Å². The summed E-state index contributed by atoms with van der Waals surface area (Å²) in [5.41, 5.74) is 9.69. The first kappa shape index (κ1) is 18.2. The number of aryl methyl sites for hydroxylation is 1. The van der Waals surface area contributed by atoms with Crippen LogP contribution in [0.25, 0.3) is 0 Å². The molecule has 25 heavy (non-hydrogen) atoms. The van der Waals surface area contributed by atoms with Gasteiger partial charge in [0.15, 0.2) is 0 Å². The summed E-state index contributed by atoms with van der Waals surface area (Å²) in [6.45, 7) is 7.24. The van der Waals surface area contributed by atoms with Gasteiger partial charge >= 0.3 is 0 Å². The number of morpholine rings is 1. The summed E-state index contributed by atoms with van der Waals surface area (Å²) in [6.07, 6.45) is 1.72. The van der Waals surface area contributed by atoms with Crippen molar-refractivity contribution in [1.82, 2.24) is 5.32 Å². The molecule has 6 nitrogen and oxygen atoms in total. The standard InChI is InChI=1S/C19H29N3O3/c1-14-2-3-16(17(12-14)22-6-10-25-11-7-22)13-21-19(23)18(20)15-4-8-24-9-5-15/h2-3,12,15,18H,4-11,13,20H2,1H3,(H,21,23). The van der Waals surface area contributed by atoms with Crippen LogP contribution in [0.5, 0.6) is 0 Å². The van der Waals surface area contributed by atoms with Crippen LogP contribution in [-0.2, 0) is 20.8 Å². The van der Waals surface area contributed by atoms with Crippen LogP contribution in [0.1, 0.15) is 24.0 Å². The second kappa shape index (κ2) is 8.65.